The highest BCUT2D eigenvalue weighted by atomic mass is 16.5. The van der Waals surface area contributed by atoms with Gasteiger partial charge in [-0.1, -0.05) is 48.0 Å². The van der Waals surface area contributed by atoms with E-state index in [1.54, 1.807) is 0 Å². The van der Waals surface area contributed by atoms with E-state index in [0.717, 1.165) is 41.3 Å². The van der Waals surface area contributed by atoms with E-state index in [4.69, 9.17) is 4.74 Å². The molecule has 0 saturated heterocycles. The third kappa shape index (κ3) is 4.32. The molecule has 4 bridgehead atoms. The normalized spacial score (nSPS) is 27.1. The predicted octanol–water partition coefficient (Wildman–Crippen LogP) is 6.22. The number of anilines is 1. The zero-order chi connectivity index (χ0) is 23.1. The highest BCUT2D eigenvalue weighted by Gasteiger charge is 2.50. The van der Waals surface area contributed by atoms with Crippen LogP contribution in [0.4, 0.5) is 5.69 Å². The van der Waals surface area contributed by atoms with Crippen LogP contribution in [0, 0.1) is 24.7 Å². The van der Waals surface area contributed by atoms with E-state index in [-0.39, 0.29) is 18.1 Å². The predicted molar refractivity (Wildman–Crippen MR) is 137 cm³/mol. The minimum Gasteiger partial charge on any atom is -0.483 e. The highest BCUT2D eigenvalue weighted by Crippen LogP contribution is 2.55. The molecule has 0 unspecified atom stereocenters. The number of amides is 1. The van der Waals surface area contributed by atoms with Crippen LogP contribution in [0.25, 0.3) is 10.8 Å². The molecule has 0 radical (unpaired) electrons. The van der Waals surface area contributed by atoms with Crippen molar-refractivity contribution >= 4 is 22.4 Å². The van der Waals surface area contributed by atoms with Gasteiger partial charge in [0.25, 0.3) is 5.91 Å². The van der Waals surface area contributed by atoms with E-state index < -0.39 is 0 Å². The summed E-state index contributed by atoms with van der Waals surface area (Å²) in [5.41, 5.74) is 3.41. The summed E-state index contributed by atoms with van der Waals surface area (Å²) >= 11 is 0. The fourth-order valence-electron chi connectivity index (χ4n) is 7.21. The first-order chi connectivity index (χ1) is 16.6. The quantitative estimate of drug-likeness (QED) is 0.445. The van der Waals surface area contributed by atoms with Crippen LogP contribution in [-0.4, -0.2) is 18.1 Å². The molecule has 4 nitrogen and oxygen atoms in total. The molecule has 0 heterocycles. The Bertz CT molecular complexity index is 1160. The minimum atomic E-state index is -0.142. The lowest BCUT2D eigenvalue weighted by molar-refractivity contribution is -0.118. The summed E-state index contributed by atoms with van der Waals surface area (Å²) in [6, 6.07) is 20.4. The lowest BCUT2D eigenvalue weighted by atomic mass is 9.53. The Labute approximate surface area is 202 Å². The van der Waals surface area contributed by atoms with Crippen molar-refractivity contribution in [2.75, 3.05) is 11.9 Å². The van der Waals surface area contributed by atoms with Crippen LogP contribution in [0.3, 0.4) is 0 Å². The molecule has 4 aliphatic rings. The summed E-state index contributed by atoms with van der Waals surface area (Å²) in [6.45, 7) is 2.81. The number of benzene rings is 3. The molecular formula is C30H34N2O2. The van der Waals surface area contributed by atoms with Crippen LogP contribution < -0.4 is 15.4 Å². The van der Waals surface area contributed by atoms with E-state index in [2.05, 4.69) is 41.0 Å². The minimum absolute atomic E-state index is 0.00339. The van der Waals surface area contributed by atoms with Crippen LogP contribution in [0.5, 0.6) is 5.75 Å². The second-order valence-corrected chi connectivity index (χ2v) is 11.0. The molecule has 4 aliphatic carbocycles. The second kappa shape index (κ2) is 8.74. The molecule has 3 aromatic rings. The maximum atomic E-state index is 12.6. The van der Waals surface area contributed by atoms with Crippen LogP contribution in [0.2, 0.25) is 0 Å². The Hall–Kier alpha value is -2.85. The number of aryl methyl sites for hydroxylation is 1. The van der Waals surface area contributed by atoms with Crippen molar-refractivity contribution in [2.24, 2.45) is 17.8 Å². The third-order valence-corrected chi connectivity index (χ3v) is 8.37. The molecule has 4 heteroatoms. The first-order valence-electron chi connectivity index (χ1n) is 12.8. The van der Waals surface area contributed by atoms with Gasteiger partial charge in [-0.2, -0.15) is 0 Å². The van der Waals surface area contributed by atoms with E-state index in [1.807, 2.05) is 37.3 Å². The average Bonchev–Trinajstić information content (AvgIpc) is 2.82. The van der Waals surface area contributed by atoms with Crippen molar-refractivity contribution in [3.05, 3.63) is 71.8 Å². The molecule has 34 heavy (non-hydrogen) atoms. The molecule has 3 aromatic carbocycles. The number of hydrogen-bond donors (Lipinski definition) is 2. The Morgan fingerprint density at radius 1 is 0.912 bits per heavy atom. The van der Waals surface area contributed by atoms with Crippen LogP contribution in [0.1, 0.15) is 49.7 Å². The van der Waals surface area contributed by atoms with Gasteiger partial charge in [0.15, 0.2) is 6.61 Å². The van der Waals surface area contributed by atoms with Gasteiger partial charge in [0, 0.05) is 23.3 Å². The van der Waals surface area contributed by atoms with E-state index in [0.29, 0.717) is 0 Å². The Kier molecular flexibility index (Phi) is 5.57. The van der Waals surface area contributed by atoms with Gasteiger partial charge >= 0.3 is 0 Å². The van der Waals surface area contributed by atoms with Crippen molar-refractivity contribution < 1.29 is 9.53 Å². The molecule has 2 N–H and O–H groups in total. The number of hydrogen-bond acceptors (Lipinski definition) is 3. The Morgan fingerprint density at radius 3 is 2.29 bits per heavy atom. The van der Waals surface area contributed by atoms with Gasteiger partial charge < -0.3 is 15.4 Å². The lowest BCUT2D eigenvalue weighted by Gasteiger charge is -2.57. The monoisotopic (exact) mass is 454 g/mol. The fourth-order valence-corrected chi connectivity index (χ4v) is 7.21. The van der Waals surface area contributed by atoms with Gasteiger partial charge in [0.2, 0.25) is 0 Å². The number of rotatable bonds is 7. The maximum Gasteiger partial charge on any atom is 0.262 e. The van der Waals surface area contributed by atoms with Crippen molar-refractivity contribution in [2.45, 2.75) is 57.5 Å². The van der Waals surface area contributed by atoms with E-state index in [9.17, 15) is 4.79 Å². The summed E-state index contributed by atoms with van der Waals surface area (Å²) < 4.78 is 6.12. The molecular weight excluding hydrogens is 420 g/mol. The van der Waals surface area contributed by atoms with Gasteiger partial charge in [0.05, 0.1) is 0 Å². The fraction of sp³-hybridized carbons (Fsp3) is 0.433. The van der Waals surface area contributed by atoms with Crippen molar-refractivity contribution in [1.82, 2.24) is 5.32 Å². The summed E-state index contributed by atoms with van der Waals surface area (Å²) in [4.78, 5) is 12.6. The lowest BCUT2D eigenvalue weighted by Crippen LogP contribution is -2.58. The number of ether oxygens (including phenoxy) is 1. The third-order valence-electron chi connectivity index (χ3n) is 8.37. The molecule has 0 atom stereocenters. The molecule has 1 amide bonds. The van der Waals surface area contributed by atoms with Crippen LogP contribution >= 0.6 is 0 Å². The van der Waals surface area contributed by atoms with Crippen LogP contribution in [-0.2, 0) is 11.3 Å². The van der Waals surface area contributed by atoms with Crippen LogP contribution in [0.15, 0.2) is 60.7 Å². The molecule has 4 fully saturated rings. The second-order valence-electron chi connectivity index (χ2n) is 11.0. The largest absolute Gasteiger partial charge is 0.483 e. The molecule has 0 spiro atoms. The van der Waals surface area contributed by atoms with Gasteiger partial charge in [0.1, 0.15) is 5.75 Å². The summed E-state index contributed by atoms with van der Waals surface area (Å²) in [5.74, 6) is 3.39. The molecule has 176 valence electrons. The first-order valence-corrected chi connectivity index (χ1v) is 12.8. The maximum absolute atomic E-state index is 12.6. The summed E-state index contributed by atoms with van der Waals surface area (Å²) in [6.07, 6.45) is 8.29. The first kappa shape index (κ1) is 21.7. The Morgan fingerprint density at radius 2 is 1.59 bits per heavy atom. The molecule has 0 aromatic heterocycles. The summed E-state index contributed by atoms with van der Waals surface area (Å²) in [5, 5.41) is 9.38. The zero-order valence-corrected chi connectivity index (χ0v) is 20.0. The van der Waals surface area contributed by atoms with Gasteiger partial charge in [-0.3, -0.25) is 4.79 Å². The van der Waals surface area contributed by atoms with Crippen molar-refractivity contribution in [3.63, 3.8) is 0 Å². The SMILES string of the molecule is Cc1ccc(NC(=O)COc2ccc3ccccc3c2CNC23CC4CC(CC(C4)C2)C3)cc1. The number of fused-ring (bicyclic) bond motifs is 1. The van der Waals surface area contributed by atoms with E-state index in [1.165, 1.54) is 54.9 Å². The van der Waals surface area contributed by atoms with Crippen molar-refractivity contribution in [3.8, 4) is 5.75 Å². The van der Waals surface area contributed by atoms with Gasteiger partial charge in [-0.05, 0) is 92.2 Å². The molecule has 7 rings (SSSR count). The van der Waals surface area contributed by atoms with Gasteiger partial charge in [-0.15, -0.1) is 0 Å². The van der Waals surface area contributed by atoms with E-state index >= 15 is 0 Å². The molecule has 0 aliphatic heterocycles. The number of nitrogens with one attached hydrogen (secondary N) is 2. The topological polar surface area (TPSA) is 50.4 Å². The zero-order valence-electron chi connectivity index (χ0n) is 20.0. The smallest absolute Gasteiger partial charge is 0.262 e. The standard InChI is InChI=1S/C30H34N2O2/c1-20-6-9-25(10-7-20)32-29(33)19-34-28-11-8-24-4-2-3-5-26(24)27(28)18-31-30-15-21-12-22(16-30)14-23(13-21)17-30/h2-11,21-23,31H,12-19H2,1H3,(H,32,33). The highest BCUT2D eigenvalue weighted by molar-refractivity contribution is 5.92. The number of carbonyl (C=O) groups excluding carboxylic acids is 1. The summed E-state index contributed by atoms with van der Waals surface area (Å²) in [7, 11) is 0. The number of carbonyl (C=O) groups is 1. The molecule has 4 saturated carbocycles. The average molecular weight is 455 g/mol. The Balaban J connectivity index is 1.20. The van der Waals surface area contributed by atoms with Gasteiger partial charge in [-0.25, -0.2) is 0 Å². The van der Waals surface area contributed by atoms with Crippen molar-refractivity contribution in [1.29, 1.82) is 0 Å².